The van der Waals surface area contributed by atoms with Crippen LogP contribution in [0.1, 0.15) is 5.56 Å². The van der Waals surface area contributed by atoms with E-state index < -0.39 is 34.3 Å². The fraction of sp³-hybridized carbons (Fsp3) is 0.0556. The van der Waals surface area contributed by atoms with E-state index in [1.54, 1.807) is 18.2 Å². The first-order chi connectivity index (χ1) is 11.4. The van der Waals surface area contributed by atoms with Crippen molar-refractivity contribution in [1.29, 1.82) is 0 Å². The van der Waals surface area contributed by atoms with Crippen LogP contribution in [0.3, 0.4) is 0 Å². The summed E-state index contributed by atoms with van der Waals surface area (Å²) >= 11 is 0. The molecule has 3 aromatic rings. The Morgan fingerprint density at radius 1 is 1.04 bits per heavy atom. The van der Waals surface area contributed by atoms with Gasteiger partial charge in [0.2, 0.25) is 0 Å². The first kappa shape index (κ1) is 16.0. The average molecular weight is 334 g/mol. The molecule has 0 aliphatic carbocycles. The second-order valence-corrected chi connectivity index (χ2v) is 5.11. The van der Waals surface area contributed by atoms with Gasteiger partial charge in [-0.2, -0.15) is 0 Å². The van der Waals surface area contributed by atoms with Gasteiger partial charge in [-0.25, -0.2) is 17.6 Å². The Hall–Kier alpha value is -2.89. The molecule has 0 fully saturated rings. The highest BCUT2D eigenvalue weighted by Crippen LogP contribution is 2.30. The lowest BCUT2D eigenvalue weighted by atomic mass is 10.1. The van der Waals surface area contributed by atoms with Crippen LogP contribution in [0.2, 0.25) is 0 Å². The number of halogens is 4. The minimum atomic E-state index is -1.97. The highest BCUT2D eigenvalue weighted by molar-refractivity contribution is 5.81. The minimum Gasteiger partial charge on any atom is -0.455 e. The van der Waals surface area contributed by atoms with Crippen molar-refractivity contribution >= 4 is 11.0 Å². The molecule has 122 valence electrons. The van der Waals surface area contributed by atoms with E-state index in [0.717, 1.165) is 6.07 Å². The van der Waals surface area contributed by atoms with Crippen molar-refractivity contribution in [3.63, 3.8) is 0 Å². The van der Waals surface area contributed by atoms with Crippen molar-refractivity contribution in [3.8, 4) is 11.3 Å². The molecule has 3 rings (SSSR count). The molecule has 0 unspecified atom stereocenters. The van der Waals surface area contributed by atoms with Gasteiger partial charge >= 0.3 is 0 Å². The van der Waals surface area contributed by atoms with Gasteiger partial charge in [-0.1, -0.05) is 18.2 Å². The maximum Gasteiger partial charge on any atom is 0.198 e. The van der Waals surface area contributed by atoms with E-state index in [0.29, 0.717) is 18.1 Å². The van der Waals surface area contributed by atoms with Crippen LogP contribution in [0.15, 0.2) is 52.2 Å². The van der Waals surface area contributed by atoms with Gasteiger partial charge in [0.1, 0.15) is 11.3 Å². The zero-order valence-corrected chi connectivity index (χ0v) is 12.2. The van der Waals surface area contributed by atoms with E-state index in [1.807, 2.05) is 0 Å². The van der Waals surface area contributed by atoms with E-state index in [9.17, 15) is 22.4 Å². The van der Waals surface area contributed by atoms with Crippen molar-refractivity contribution in [3.05, 3.63) is 82.0 Å². The summed E-state index contributed by atoms with van der Waals surface area (Å²) < 4.78 is 59.4. The van der Waals surface area contributed by atoms with E-state index in [-0.39, 0.29) is 16.7 Å². The fourth-order valence-electron chi connectivity index (χ4n) is 2.44. The van der Waals surface area contributed by atoms with Crippen molar-refractivity contribution in [2.24, 2.45) is 0 Å². The van der Waals surface area contributed by atoms with E-state index in [1.165, 1.54) is 6.07 Å². The van der Waals surface area contributed by atoms with Gasteiger partial charge in [0, 0.05) is 6.07 Å². The molecule has 6 heteroatoms. The van der Waals surface area contributed by atoms with Gasteiger partial charge in [0.05, 0.1) is 10.9 Å². The molecule has 2 aromatic carbocycles. The van der Waals surface area contributed by atoms with Crippen LogP contribution in [-0.2, 0) is 6.42 Å². The Bertz CT molecular complexity index is 1020. The third-order valence-corrected chi connectivity index (χ3v) is 3.57. The number of hydrogen-bond donors (Lipinski definition) is 0. The molecule has 0 aliphatic rings. The SMILES string of the molecule is C=CCc1cccc2c(=O)cc(-c3cc(F)c(F)c(F)c3F)oc12. The molecule has 2 nitrogen and oxygen atoms in total. The lowest BCUT2D eigenvalue weighted by Gasteiger charge is -2.08. The van der Waals surface area contributed by atoms with E-state index in [4.69, 9.17) is 4.42 Å². The smallest absolute Gasteiger partial charge is 0.198 e. The molecular weight excluding hydrogens is 324 g/mol. The summed E-state index contributed by atoms with van der Waals surface area (Å²) in [7, 11) is 0. The van der Waals surface area contributed by atoms with E-state index in [2.05, 4.69) is 6.58 Å². The number of fused-ring (bicyclic) bond motifs is 1. The van der Waals surface area contributed by atoms with Gasteiger partial charge in [0.25, 0.3) is 0 Å². The molecular formula is C18H10F4O2. The van der Waals surface area contributed by atoms with Gasteiger partial charge in [-0.05, 0) is 24.1 Å². The van der Waals surface area contributed by atoms with Gasteiger partial charge in [-0.15, -0.1) is 6.58 Å². The molecule has 0 amide bonds. The standard InChI is InChI=1S/C18H10F4O2/c1-2-4-9-5-3-6-10-13(23)8-14(24-18(9)10)11-7-12(19)16(21)17(22)15(11)20/h2-3,5-8H,1,4H2. The largest absolute Gasteiger partial charge is 0.455 e. The summed E-state index contributed by atoms with van der Waals surface area (Å²) in [6.07, 6.45) is 1.96. The van der Waals surface area contributed by atoms with Crippen molar-refractivity contribution in [2.45, 2.75) is 6.42 Å². The summed E-state index contributed by atoms with van der Waals surface area (Å²) in [5.41, 5.74) is -0.421. The third kappa shape index (κ3) is 2.50. The van der Waals surface area contributed by atoms with Crippen LogP contribution < -0.4 is 5.43 Å². The fourth-order valence-corrected chi connectivity index (χ4v) is 2.44. The molecule has 0 radical (unpaired) electrons. The lowest BCUT2D eigenvalue weighted by molar-refractivity contribution is 0.409. The number of benzene rings is 2. The molecule has 0 saturated carbocycles. The van der Waals surface area contributed by atoms with Crippen LogP contribution in [-0.4, -0.2) is 0 Å². The maximum absolute atomic E-state index is 13.9. The van der Waals surface area contributed by atoms with Crippen LogP contribution in [0, 0.1) is 23.3 Å². The zero-order chi connectivity index (χ0) is 17.4. The Kier molecular flexibility index (Phi) is 3.97. The lowest BCUT2D eigenvalue weighted by Crippen LogP contribution is -2.04. The van der Waals surface area contributed by atoms with Gasteiger partial charge < -0.3 is 4.42 Å². The molecule has 1 heterocycles. The molecule has 0 aliphatic heterocycles. The van der Waals surface area contributed by atoms with Crippen molar-refractivity contribution in [1.82, 2.24) is 0 Å². The highest BCUT2D eigenvalue weighted by Gasteiger charge is 2.22. The predicted octanol–water partition coefficient (Wildman–Crippen LogP) is 4.74. The van der Waals surface area contributed by atoms with Gasteiger partial charge in [0.15, 0.2) is 28.7 Å². The second kappa shape index (κ2) is 5.96. The van der Waals surface area contributed by atoms with Crippen LogP contribution in [0.4, 0.5) is 17.6 Å². The number of rotatable bonds is 3. The summed E-state index contributed by atoms with van der Waals surface area (Å²) in [5.74, 6) is -7.48. The molecule has 0 N–H and O–H groups in total. The molecule has 0 atom stereocenters. The highest BCUT2D eigenvalue weighted by atomic mass is 19.2. The number of hydrogen-bond acceptors (Lipinski definition) is 2. The van der Waals surface area contributed by atoms with Crippen LogP contribution in [0.5, 0.6) is 0 Å². The monoisotopic (exact) mass is 334 g/mol. The van der Waals surface area contributed by atoms with Gasteiger partial charge in [-0.3, -0.25) is 4.79 Å². The molecule has 24 heavy (non-hydrogen) atoms. The second-order valence-electron chi connectivity index (χ2n) is 5.11. The third-order valence-electron chi connectivity index (χ3n) is 3.57. The summed E-state index contributed by atoms with van der Waals surface area (Å²) in [5, 5.41) is 0.238. The molecule has 0 spiro atoms. The molecule has 0 bridgehead atoms. The first-order valence-electron chi connectivity index (χ1n) is 6.94. The number of allylic oxidation sites excluding steroid dienone is 1. The quantitative estimate of drug-likeness (QED) is 0.300. The summed E-state index contributed by atoms with van der Waals surface area (Å²) in [4.78, 5) is 12.2. The zero-order valence-electron chi connectivity index (χ0n) is 12.2. The van der Waals surface area contributed by atoms with Crippen molar-refractivity contribution < 1.29 is 22.0 Å². The number of para-hydroxylation sites is 1. The molecule has 0 saturated heterocycles. The van der Waals surface area contributed by atoms with Crippen LogP contribution in [0.25, 0.3) is 22.3 Å². The Morgan fingerprint density at radius 3 is 2.50 bits per heavy atom. The predicted molar refractivity (Wildman–Crippen MR) is 81.7 cm³/mol. The topological polar surface area (TPSA) is 30.2 Å². The normalized spacial score (nSPS) is 11.0. The Balaban J connectivity index is 2.34. The summed E-state index contributed by atoms with van der Waals surface area (Å²) in [6.45, 7) is 3.59. The van der Waals surface area contributed by atoms with Crippen LogP contribution >= 0.6 is 0 Å². The average Bonchev–Trinajstić information content (AvgIpc) is 2.57. The first-order valence-corrected chi connectivity index (χ1v) is 6.94. The minimum absolute atomic E-state index is 0.157. The Morgan fingerprint density at radius 2 is 1.79 bits per heavy atom. The molecule has 1 aromatic heterocycles. The maximum atomic E-state index is 13.9. The Labute approximate surface area is 133 Å². The van der Waals surface area contributed by atoms with Crippen molar-refractivity contribution in [2.75, 3.05) is 0 Å². The van der Waals surface area contributed by atoms with E-state index >= 15 is 0 Å². The summed E-state index contributed by atoms with van der Waals surface area (Å²) in [6, 6.07) is 6.21.